The standard InChI is InChI=1S/C21H26N4O3S.2ClH/c1-24-19-7-6-17(23-29(2,27)28)15-18(19)21(20(24)26)9-13-25(14-10-21)12-8-16-5-3-4-11-22-16;;/h3-7,11,15,23H,8-10,12-14H2,1-2H3;2*1H. The first kappa shape index (κ1) is 25.4. The van der Waals surface area contributed by atoms with Gasteiger partial charge in [-0.3, -0.25) is 14.5 Å². The van der Waals surface area contributed by atoms with Crippen molar-refractivity contribution in [2.75, 3.05) is 42.6 Å². The van der Waals surface area contributed by atoms with Crippen LogP contribution in [-0.4, -0.2) is 57.1 Å². The van der Waals surface area contributed by atoms with Crippen LogP contribution in [0.25, 0.3) is 0 Å². The lowest BCUT2D eigenvalue weighted by Gasteiger charge is -2.38. The summed E-state index contributed by atoms with van der Waals surface area (Å²) in [7, 11) is -1.57. The summed E-state index contributed by atoms with van der Waals surface area (Å²) in [5.41, 5.74) is 2.82. The Morgan fingerprint density at radius 1 is 1.13 bits per heavy atom. The quantitative estimate of drug-likeness (QED) is 0.702. The Morgan fingerprint density at radius 2 is 1.84 bits per heavy atom. The fraction of sp³-hybridized carbons (Fsp3) is 0.429. The molecule has 10 heteroatoms. The first-order valence-electron chi connectivity index (χ1n) is 9.81. The molecule has 1 saturated heterocycles. The minimum absolute atomic E-state index is 0. The Labute approximate surface area is 196 Å². The molecule has 0 radical (unpaired) electrons. The third kappa shape index (κ3) is 5.14. The number of nitrogens with zero attached hydrogens (tertiary/aromatic N) is 3. The van der Waals surface area contributed by atoms with Crippen LogP contribution in [0.4, 0.5) is 11.4 Å². The molecule has 1 fully saturated rings. The second kappa shape index (κ2) is 9.73. The normalized spacial score (nSPS) is 17.6. The summed E-state index contributed by atoms with van der Waals surface area (Å²) in [4.78, 5) is 21.7. The van der Waals surface area contributed by atoms with Crippen LogP contribution in [0, 0.1) is 0 Å². The lowest BCUT2D eigenvalue weighted by Crippen LogP contribution is -2.48. The van der Waals surface area contributed by atoms with Crippen LogP contribution >= 0.6 is 24.8 Å². The van der Waals surface area contributed by atoms with Crippen molar-refractivity contribution in [3.8, 4) is 0 Å². The van der Waals surface area contributed by atoms with Gasteiger partial charge in [-0.15, -0.1) is 24.8 Å². The average molecular weight is 487 g/mol. The number of likely N-dealkylation sites (tertiary alicyclic amines) is 1. The maximum Gasteiger partial charge on any atom is 0.237 e. The predicted molar refractivity (Wildman–Crippen MR) is 128 cm³/mol. The average Bonchev–Trinajstić information content (AvgIpc) is 2.89. The topological polar surface area (TPSA) is 82.6 Å². The van der Waals surface area contributed by atoms with Gasteiger partial charge in [-0.2, -0.15) is 0 Å². The number of piperidine rings is 1. The van der Waals surface area contributed by atoms with E-state index in [0.717, 1.165) is 62.1 Å². The van der Waals surface area contributed by atoms with Crippen LogP contribution < -0.4 is 9.62 Å². The SMILES string of the molecule is CN1C(=O)C2(CCN(CCc3ccccn3)CC2)c2cc(NS(C)(=O)=O)ccc21.Cl.Cl. The van der Waals surface area contributed by atoms with Gasteiger partial charge in [-0.05, 0) is 61.8 Å². The molecule has 4 rings (SSSR count). The van der Waals surface area contributed by atoms with Crippen LogP contribution in [-0.2, 0) is 26.7 Å². The Hall–Kier alpha value is -1.87. The van der Waals surface area contributed by atoms with Gasteiger partial charge in [0.2, 0.25) is 15.9 Å². The van der Waals surface area contributed by atoms with Crippen molar-refractivity contribution in [3.05, 3.63) is 53.9 Å². The van der Waals surface area contributed by atoms with Gasteiger partial charge in [0.15, 0.2) is 0 Å². The van der Waals surface area contributed by atoms with Gasteiger partial charge in [0.25, 0.3) is 0 Å². The number of amides is 1. The molecule has 2 aliphatic rings. The molecule has 1 amide bonds. The Morgan fingerprint density at radius 3 is 2.45 bits per heavy atom. The molecule has 2 aromatic rings. The number of carbonyl (C=O) groups excluding carboxylic acids is 1. The number of rotatable bonds is 5. The smallest absolute Gasteiger partial charge is 0.237 e. The summed E-state index contributed by atoms with van der Waals surface area (Å²) >= 11 is 0. The van der Waals surface area contributed by atoms with Crippen LogP contribution in [0.15, 0.2) is 42.6 Å². The van der Waals surface area contributed by atoms with Crippen LogP contribution in [0.5, 0.6) is 0 Å². The molecule has 0 saturated carbocycles. The molecule has 1 spiro atoms. The van der Waals surface area contributed by atoms with E-state index in [0.29, 0.717) is 5.69 Å². The molecule has 0 bridgehead atoms. The molecule has 7 nitrogen and oxygen atoms in total. The second-order valence-electron chi connectivity index (χ2n) is 7.97. The van der Waals surface area contributed by atoms with E-state index >= 15 is 0 Å². The van der Waals surface area contributed by atoms with Gasteiger partial charge in [-0.1, -0.05) is 6.07 Å². The lowest BCUT2D eigenvalue weighted by molar-refractivity contribution is -0.124. The van der Waals surface area contributed by atoms with E-state index in [1.165, 1.54) is 0 Å². The number of anilines is 2. The highest BCUT2D eigenvalue weighted by atomic mass is 35.5. The monoisotopic (exact) mass is 486 g/mol. The first-order chi connectivity index (χ1) is 13.8. The molecule has 1 N–H and O–H groups in total. The summed E-state index contributed by atoms with van der Waals surface area (Å²) in [6, 6.07) is 11.3. The van der Waals surface area contributed by atoms with E-state index in [1.54, 1.807) is 18.0 Å². The highest BCUT2D eigenvalue weighted by Gasteiger charge is 2.51. The number of benzene rings is 1. The molecule has 0 atom stereocenters. The number of hydrogen-bond acceptors (Lipinski definition) is 5. The van der Waals surface area contributed by atoms with Gasteiger partial charge in [0, 0.05) is 43.3 Å². The zero-order valence-corrected chi connectivity index (χ0v) is 20.0. The third-order valence-corrected chi connectivity index (χ3v) is 6.62. The van der Waals surface area contributed by atoms with Gasteiger partial charge in [0.05, 0.1) is 11.7 Å². The van der Waals surface area contributed by atoms with Crippen LogP contribution in [0.3, 0.4) is 0 Å². The molecule has 1 aromatic carbocycles. The zero-order chi connectivity index (χ0) is 20.6. The minimum Gasteiger partial charge on any atom is -0.314 e. The van der Waals surface area contributed by atoms with Crippen molar-refractivity contribution >= 4 is 52.1 Å². The Balaban J connectivity index is 0.00000171. The van der Waals surface area contributed by atoms with E-state index in [4.69, 9.17) is 0 Å². The van der Waals surface area contributed by atoms with Gasteiger partial charge in [0.1, 0.15) is 0 Å². The number of nitrogens with one attached hydrogen (secondary N) is 1. The molecule has 3 heterocycles. The van der Waals surface area contributed by atoms with E-state index in [9.17, 15) is 13.2 Å². The molecular weight excluding hydrogens is 459 g/mol. The fourth-order valence-electron chi connectivity index (χ4n) is 4.50. The molecule has 0 aliphatic carbocycles. The number of pyridine rings is 1. The Kier molecular flexibility index (Phi) is 7.97. The van der Waals surface area contributed by atoms with Crippen molar-refractivity contribution in [3.63, 3.8) is 0 Å². The number of hydrogen-bond donors (Lipinski definition) is 1. The van der Waals surface area contributed by atoms with Crippen molar-refractivity contribution in [2.45, 2.75) is 24.7 Å². The maximum atomic E-state index is 13.2. The number of likely N-dealkylation sites (N-methyl/N-ethyl adjacent to an activating group) is 1. The highest BCUT2D eigenvalue weighted by molar-refractivity contribution is 7.92. The number of halogens is 2. The number of carbonyl (C=O) groups is 1. The molecular formula is C21H28Cl2N4O3S. The largest absolute Gasteiger partial charge is 0.314 e. The molecule has 170 valence electrons. The zero-order valence-electron chi connectivity index (χ0n) is 17.6. The van der Waals surface area contributed by atoms with Crippen molar-refractivity contribution in [1.29, 1.82) is 0 Å². The maximum absolute atomic E-state index is 13.2. The number of sulfonamides is 1. The summed E-state index contributed by atoms with van der Waals surface area (Å²) in [5, 5.41) is 0. The fourth-order valence-corrected chi connectivity index (χ4v) is 5.05. The summed E-state index contributed by atoms with van der Waals surface area (Å²) < 4.78 is 25.8. The summed E-state index contributed by atoms with van der Waals surface area (Å²) in [6.07, 6.45) is 5.29. The molecule has 31 heavy (non-hydrogen) atoms. The second-order valence-corrected chi connectivity index (χ2v) is 9.71. The van der Waals surface area contributed by atoms with Gasteiger partial charge in [-0.25, -0.2) is 8.42 Å². The number of fused-ring (bicyclic) bond motifs is 2. The van der Waals surface area contributed by atoms with Crippen LogP contribution in [0.1, 0.15) is 24.1 Å². The summed E-state index contributed by atoms with van der Waals surface area (Å²) in [5.74, 6) is 0.105. The van der Waals surface area contributed by atoms with E-state index in [-0.39, 0.29) is 30.7 Å². The molecule has 0 unspecified atom stereocenters. The minimum atomic E-state index is -3.37. The highest BCUT2D eigenvalue weighted by Crippen LogP contribution is 2.48. The summed E-state index contributed by atoms with van der Waals surface area (Å²) in [6.45, 7) is 2.57. The van der Waals surface area contributed by atoms with E-state index in [1.807, 2.05) is 36.5 Å². The Bertz CT molecular complexity index is 1030. The molecule has 1 aromatic heterocycles. The van der Waals surface area contributed by atoms with Crippen molar-refractivity contribution in [2.24, 2.45) is 0 Å². The number of aromatic nitrogens is 1. The van der Waals surface area contributed by atoms with Gasteiger partial charge < -0.3 is 9.80 Å². The van der Waals surface area contributed by atoms with Gasteiger partial charge >= 0.3 is 0 Å². The lowest BCUT2D eigenvalue weighted by atomic mass is 9.73. The van der Waals surface area contributed by atoms with Crippen molar-refractivity contribution < 1.29 is 13.2 Å². The third-order valence-electron chi connectivity index (χ3n) is 6.01. The molecule has 2 aliphatic heterocycles. The predicted octanol–water partition coefficient (Wildman–Crippen LogP) is 2.85. The van der Waals surface area contributed by atoms with E-state index < -0.39 is 15.4 Å². The first-order valence-corrected chi connectivity index (χ1v) is 11.7. The van der Waals surface area contributed by atoms with E-state index in [2.05, 4.69) is 14.6 Å². The van der Waals surface area contributed by atoms with Crippen molar-refractivity contribution in [1.82, 2.24) is 9.88 Å². The van der Waals surface area contributed by atoms with Crippen LogP contribution in [0.2, 0.25) is 0 Å².